The molecule has 0 aliphatic carbocycles. The van der Waals surface area contributed by atoms with Gasteiger partial charge < -0.3 is 0 Å². The molecule has 0 amide bonds. The van der Waals surface area contributed by atoms with E-state index in [-0.39, 0.29) is 10.6 Å². The molecule has 1 aromatic heterocycles. The van der Waals surface area contributed by atoms with Gasteiger partial charge in [0.2, 0.25) is 0 Å². The molecular weight excluding hydrogens is 338 g/mol. The molecule has 1 heterocycles. The Bertz CT molecular complexity index is 554. The Morgan fingerprint density at radius 2 is 2.00 bits per heavy atom. The third kappa shape index (κ3) is 2.44. The molecule has 3 nitrogen and oxygen atoms in total. The van der Waals surface area contributed by atoms with Crippen LogP contribution in [0.1, 0.15) is 5.56 Å². The summed E-state index contributed by atoms with van der Waals surface area (Å²) >= 11 is 7.86. The molecule has 5 heteroatoms. The normalized spacial score (nSPS) is 10.4. The average molecular weight is 347 g/mol. The molecule has 0 fully saturated rings. The molecule has 0 unspecified atom stereocenters. The third-order valence-corrected chi connectivity index (χ3v) is 3.62. The molecule has 0 atom stereocenters. The first-order valence-corrected chi connectivity index (χ1v) is 6.09. The van der Waals surface area contributed by atoms with Crippen molar-refractivity contribution >= 4 is 34.2 Å². The second kappa shape index (κ2) is 4.97. The summed E-state index contributed by atoms with van der Waals surface area (Å²) in [5.74, 6) is 0. The minimum absolute atomic E-state index is 0.228. The van der Waals surface area contributed by atoms with Crippen LogP contribution >= 0.6 is 34.2 Å². The van der Waals surface area contributed by atoms with E-state index in [9.17, 15) is 4.79 Å². The second-order valence-electron chi connectivity index (χ2n) is 3.25. The van der Waals surface area contributed by atoms with E-state index in [0.717, 1.165) is 5.56 Å². The van der Waals surface area contributed by atoms with Crippen molar-refractivity contribution in [1.82, 2.24) is 9.78 Å². The van der Waals surface area contributed by atoms with Gasteiger partial charge in [-0.15, -0.1) is 0 Å². The maximum Gasteiger partial charge on any atom is 0.286 e. The van der Waals surface area contributed by atoms with Crippen molar-refractivity contribution in [2.24, 2.45) is 0 Å². The van der Waals surface area contributed by atoms with E-state index in [0.29, 0.717) is 10.1 Å². The molecule has 0 aliphatic rings. The van der Waals surface area contributed by atoms with Gasteiger partial charge in [0, 0.05) is 0 Å². The summed E-state index contributed by atoms with van der Waals surface area (Å²) in [6.07, 6.45) is 1.59. The van der Waals surface area contributed by atoms with Crippen molar-refractivity contribution in [2.75, 3.05) is 0 Å². The molecule has 1 aromatic carbocycles. The van der Waals surface area contributed by atoms with Gasteiger partial charge in [0.05, 0.1) is 16.3 Å². The molecule has 2 aromatic rings. The molecule has 16 heavy (non-hydrogen) atoms. The Balaban J connectivity index is 2.37. The average Bonchev–Trinajstić information content (AvgIpc) is 2.31. The van der Waals surface area contributed by atoms with E-state index < -0.39 is 0 Å². The number of benzene rings is 1. The molecule has 2 rings (SSSR count). The SMILES string of the molecule is O=c1c(Cl)c(I)cnn1Cc1ccccc1. The summed E-state index contributed by atoms with van der Waals surface area (Å²) in [6.45, 7) is 0.441. The molecule has 0 bridgehead atoms. The van der Waals surface area contributed by atoms with Gasteiger partial charge in [-0.1, -0.05) is 41.9 Å². The van der Waals surface area contributed by atoms with Crippen molar-refractivity contribution < 1.29 is 0 Å². The van der Waals surface area contributed by atoms with Crippen LogP contribution < -0.4 is 5.56 Å². The van der Waals surface area contributed by atoms with Crippen LogP contribution in [0.15, 0.2) is 41.3 Å². The van der Waals surface area contributed by atoms with Crippen LogP contribution in [0.25, 0.3) is 0 Å². The molecule has 0 saturated carbocycles. The first-order chi connectivity index (χ1) is 7.68. The maximum absolute atomic E-state index is 11.8. The van der Waals surface area contributed by atoms with Gasteiger partial charge in [0.1, 0.15) is 5.02 Å². The number of rotatable bonds is 2. The summed E-state index contributed by atoms with van der Waals surface area (Å²) in [5, 5.41) is 4.27. The van der Waals surface area contributed by atoms with Gasteiger partial charge >= 0.3 is 0 Å². The maximum atomic E-state index is 11.8. The highest BCUT2D eigenvalue weighted by molar-refractivity contribution is 14.1. The third-order valence-electron chi connectivity index (χ3n) is 2.12. The molecule has 82 valence electrons. The minimum Gasteiger partial charge on any atom is -0.266 e. The van der Waals surface area contributed by atoms with Gasteiger partial charge in [-0.2, -0.15) is 5.10 Å². The topological polar surface area (TPSA) is 34.9 Å². The lowest BCUT2D eigenvalue weighted by Crippen LogP contribution is -2.24. The lowest BCUT2D eigenvalue weighted by atomic mass is 10.2. The largest absolute Gasteiger partial charge is 0.286 e. The van der Waals surface area contributed by atoms with Crippen molar-refractivity contribution in [3.05, 3.63) is 61.0 Å². The fraction of sp³-hybridized carbons (Fsp3) is 0.0909. The molecular formula is C11H8ClIN2O. The van der Waals surface area contributed by atoms with E-state index in [1.54, 1.807) is 6.20 Å². The van der Waals surface area contributed by atoms with Gasteiger partial charge in [0.25, 0.3) is 5.56 Å². The van der Waals surface area contributed by atoms with Crippen LogP contribution in [0.5, 0.6) is 0 Å². The second-order valence-corrected chi connectivity index (χ2v) is 4.80. The molecule has 0 spiro atoms. The lowest BCUT2D eigenvalue weighted by Gasteiger charge is -2.05. The van der Waals surface area contributed by atoms with E-state index in [1.165, 1.54) is 4.68 Å². The Morgan fingerprint density at radius 1 is 1.31 bits per heavy atom. The first kappa shape index (κ1) is 11.6. The van der Waals surface area contributed by atoms with Crippen LogP contribution in [0.3, 0.4) is 0 Å². The van der Waals surface area contributed by atoms with Crippen LogP contribution in [-0.2, 0) is 6.54 Å². The minimum atomic E-state index is -0.252. The van der Waals surface area contributed by atoms with Gasteiger partial charge in [-0.25, -0.2) is 4.68 Å². The summed E-state index contributed by atoms with van der Waals surface area (Å²) < 4.78 is 2.04. The fourth-order valence-electron chi connectivity index (χ4n) is 1.31. The molecule has 0 saturated heterocycles. The molecule has 0 N–H and O–H groups in total. The zero-order valence-electron chi connectivity index (χ0n) is 8.23. The Labute approximate surface area is 111 Å². The predicted molar refractivity (Wildman–Crippen MR) is 71.8 cm³/mol. The van der Waals surface area contributed by atoms with Crippen LogP contribution in [0.2, 0.25) is 5.02 Å². The molecule has 0 radical (unpaired) electrons. The van der Waals surface area contributed by atoms with Gasteiger partial charge in [-0.3, -0.25) is 4.79 Å². The summed E-state index contributed by atoms with van der Waals surface area (Å²) in [6, 6.07) is 9.67. The van der Waals surface area contributed by atoms with Crippen molar-refractivity contribution in [2.45, 2.75) is 6.54 Å². The quantitative estimate of drug-likeness (QED) is 0.783. The standard InChI is InChI=1S/C11H8ClIN2O/c12-10-9(13)6-14-15(11(10)16)7-8-4-2-1-3-5-8/h1-6H,7H2. The Hall–Kier alpha value is -0.880. The first-order valence-electron chi connectivity index (χ1n) is 4.63. The number of halogens is 2. The monoisotopic (exact) mass is 346 g/mol. The Kier molecular flexibility index (Phi) is 3.60. The van der Waals surface area contributed by atoms with Crippen LogP contribution in [0, 0.1) is 3.57 Å². The van der Waals surface area contributed by atoms with Crippen LogP contribution in [-0.4, -0.2) is 9.78 Å². The van der Waals surface area contributed by atoms with E-state index in [4.69, 9.17) is 11.6 Å². The highest BCUT2D eigenvalue weighted by atomic mass is 127. The van der Waals surface area contributed by atoms with E-state index in [2.05, 4.69) is 5.10 Å². The smallest absolute Gasteiger partial charge is 0.266 e. The number of nitrogens with zero attached hydrogens (tertiary/aromatic N) is 2. The van der Waals surface area contributed by atoms with Crippen molar-refractivity contribution in [1.29, 1.82) is 0 Å². The van der Waals surface area contributed by atoms with Crippen molar-refractivity contribution in [3.8, 4) is 0 Å². The highest BCUT2D eigenvalue weighted by Crippen LogP contribution is 2.11. The van der Waals surface area contributed by atoms with E-state index >= 15 is 0 Å². The highest BCUT2D eigenvalue weighted by Gasteiger charge is 2.06. The number of hydrogen-bond acceptors (Lipinski definition) is 2. The summed E-state index contributed by atoms with van der Waals surface area (Å²) in [4.78, 5) is 11.8. The molecule has 0 aliphatic heterocycles. The van der Waals surface area contributed by atoms with Crippen LogP contribution in [0.4, 0.5) is 0 Å². The summed E-state index contributed by atoms with van der Waals surface area (Å²) in [7, 11) is 0. The van der Waals surface area contributed by atoms with Crippen molar-refractivity contribution in [3.63, 3.8) is 0 Å². The van der Waals surface area contributed by atoms with E-state index in [1.807, 2.05) is 52.9 Å². The van der Waals surface area contributed by atoms with Gasteiger partial charge in [0.15, 0.2) is 0 Å². The summed E-state index contributed by atoms with van der Waals surface area (Å²) in [5.41, 5.74) is 0.770. The Morgan fingerprint density at radius 3 is 2.69 bits per heavy atom. The van der Waals surface area contributed by atoms with Gasteiger partial charge in [-0.05, 0) is 28.2 Å². The predicted octanol–water partition coefficient (Wildman–Crippen LogP) is 2.55. The zero-order chi connectivity index (χ0) is 11.5. The zero-order valence-corrected chi connectivity index (χ0v) is 11.1. The lowest BCUT2D eigenvalue weighted by molar-refractivity contribution is 0.637. The fourth-order valence-corrected chi connectivity index (χ4v) is 1.82. The number of hydrogen-bond donors (Lipinski definition) is 0. The number of aromatic nitrogens is 2.